The van der Waals surface area contributed by atoms with E-state index in [4.69, 9.17) is 21.8 Å². The molecule has 22 heavy (non-hydrogen) atoms. The third-order valence-corrected chi connectivity index (χ3v) is 4.07. The van der Waals surface area contributed by atoms with Crippen molar-refractivity contribution in [3.05, 3.63) is 17.7 Å². The molecular formula is C13H16ClN3O5. The molecule has 1 aliphatic rings. The van der Waals surface area contributed by atoms with Crippen molar-refractivity contribution in [3.8, 4) is 0 Å². The number of rotatable bonds is 5. The molecule has 9 heteroatoms. The zero-order valence-electron chi connectivity index (χ0n) is 11.6. The van der Waals surface area contributed by atoms with Gasteiger partial charge in [0, 0.05) is 19.5 Å². The Morgan fingerprint density at radius 3 is 2.18 bits per heavy atom. The molecule has 1 aromatic rings. The Hall–Kier alpha value is -1.93. The molecule has 1 fully saturated rings. The summed E-state index contributed by atoms with van der Waals surface area (Å²) in [6, 6.07) is 0. The molecule has 0 spiro atoms. The molecule has 1 aromatic heterocycles. The fourth-order valence-electron chi connectivity index (χ4n) is 2.55. The summed E-state index contributed by atoms with van der Waals surface area (Å²) in [7, 11) is 0. The van der Waals surface area contributed by atoms with E-state index in [2.05, 4.69) is 9.97 Å². The minimum atomic E-state index is -2.73. The zero-order valence-corrected chi connectivity index (χ0v) is 12.4. The van der Waals surface area contributed by atoms with Gasteiger partial charge in [-0.25, -0.2) is 19.6 Å². The van der Waals surface area contributed by atoms with Gasteiger partial charge in [-0.2, -0.15) is 0 Å². The number of aliphatic carboxylic acids is 2. The summed E-state index contributed by atoms with van der Waals surface area (Å²) < 4.78 is 0. The molecule has 0 radical (unpaired) electrons. The third-order valence-electron chi connectivity index (χ3n) is 3.88. The van der Waals surface area contributed by atoms with Gasteiger partial charge in [0.2, 0.25) is 5.28 Å². The highest BCUT2D eigenvalue weighted by molar-refractivity contribution is 6.28. The number of piperidine rings is 1. The Balaban J connectivity index is 1.96. The van der Waals surface area contributed by atoms with Gasteiger partial charge in [0.25, 0.3) is 5.60 Å². The first kappa shape index (κ1) is 16.4. The minimum Gasteiger partial charge on any atom is -0.479 e. The molecule has 2 heterocycles. The molecule has 0 bridgehead atoms. The van der Waals surface area contributed by atoms with E-state index in [1.165, 1.54) is 0 Å². The molecule has 0 amide bonds. The fourth-order valence-corrected chi connectivity index (χ4v) is 2.65. The van der Waals surface area contributed by atoms with E-state index in [0.29, 0.717) is 25.9 Å². The Morgan fingerprint density at radius 1 is 1.23 bits per heavy atom. The van der Waals surface area contributed by atoms with Gasteiger partial charge in [0.15, 0.2) is 0 Å². The number of halogens is 1. The smallest absolute Gasteiger partial charge is 0.347 e. The van der Waals surface area contributed by atoms with Crippen LogP contribution in [0.25, 0.3) is 0 Å². The molecule has 0 unspecified atom stereocenters. The summed E-state index contributed by atoms with van der Waals surface area (Å²) in [6.07, 6.45) is 4.04. The number of carboxylic acids is 2. The van der Waals surface area contributed by atoms with Crippen molar-refractivity contribution in [1.82, 2.24) is 9.97 Å². The molecule has 1 saturated heterocycles. The van der Waals surface area contributed by atoms with E-state index < -0.39 is 17.5 Å². The van der Waals surface area contributed by atoms with Crippen LogP contribution in [0.1, 0.15) is 19.3 Å². The highest BCUT2D eigenvalue weighted by Gasteiger charge is 2.46. The predicted octanol–water partition coefficient (Wildman–Crippen LogP) is 0.637. The highest BCUT2D eigenvalue weighted by atomic mass is 35.5. The Bertz CT molecular complexity index is 543. The molecule has 0 atom stereocenters. The summed E-state index contributed by atoms with van der Waals surface area (Å²) in [4.78, 5) is 31.8. The lowest BCUT2D eigenvalue weighted by molar-refractivity contribution is -0.178. The van der Waals surface area contributed by atoms with Crippen LogP contribution in [0.5, 0.6) is 0 Å². The van der Waals surface area contributed by atoms with Crippen LogP contribution in [0.15, 0.2) is 12.4 Å². The van der Waals surface area contributed by atoms with Crippen molar-refractivity contribution in [3.63, 3.8) is 0 Å². The molecule has 8 nitrogen and oxygen atoms in total. The van der Waals surface area contributed by atoms with Crippen LogP contribution >= 0.6 is 11.6 Å². The standard InChI is InChI=1S/C13H16ClN3O5/c14-12-15-6-9(7-16-12)17-3-1-8(2-4-17)5-13(22,10(18)19)11(20)21/h6-8,22H,1-5H2,(H,18,19)(H,20,21). The molecule has 1 aliphatic heterocycles. The zero-order chi connectivity index (χ0) is 16.3. The van der Waals surface area contributed by atoms with Crippen molar-refractivity contribution in [2.24, 2.45) is 5.92 Å². The fraction of sp³-hybridized carbons (Fsp3) is 0.538. The van der Waals surface area contributed by atoms with Crippen molar-refractivity contribution >= 4 is 29.2 Å². The van der Waals surface area contributed by atoms with Gasteiger partial charge in [0.1, 0.15) is 0 Å². The average molecular weight is 330 g/mol. The molecule has 3 N–H and O–H groups in total. The van der Waals surface area contributed by atoms with Gasteiger partial charge < -0.3 is 20.2 Å². The van der Waals surface area contributed by atoms with Gasteiger partial charge >= 0.3 is 11.9 Å². The maximum atomic E-state index is 11.0. The number of hydrogen-bond acceptors (Lipinski definition) is 6. The molecular weight excluding hydrogens is 314 g/mol. The van der Waals surface area contributed by atoms with Gasteiger partial charge in [-0.1, -0.05) is 0 Å². The first-order valence-electron chi connectivity index (χ1n) is 6.74. The number of aromatic nitrogens is 2. The molecule has 0 aromatic carbocycles. The highest BCUT2D eigenvalue weighted by Crippen LogP contribution is 2.29. The first-order chi connectivity index (χ1) is 10.3. The Morgan fingerprint density at radius 2 is 1.73 bits per heavy atom. The van der Waals surface area contributed by atoms with E-state index in [1.54, 1.807) is 12.4 Å². The molecule has 120 valence electrons. The predicted molar refractivity (Wildman–Crippen MR) is 76.8 cm³/mol. The van der Waals surface area contributed by atoms with Crippen LogP contribution in [0, 0.1) is 5.92 Å². The van der Waals surface area contributed by atoms with E-state index in [-0.39, 0.29) is 17.6 Å². The van der Waals surface area contributed by atoms with Crippen LogP contribution in [-0.4, -0.2) is 55.9 Å². The quantitative estimate of drug-likeness (QED) is 0.531. The second kappa shape index (κ2) is 6.45. The van der Waals surface area contributed by atoms with Crippen LogP contribution in [0.3, 0.4) is 0 Å². The number of hydrogen-bond donors (Lipinski definition) is 3. The summed E-state index contributed by atoms with van der Waals surface area (Å²) in [5.74, 6) is -3.64. The Labute approximate surface area is 131 Å². The van der Waals surface area contributed by atoms with E-state index in [9.17, 15) is 14.7 Å². The van der Waals surface area contributed by atoms with Gasteiger partial charge in [-0.3, -0.25) is 0 Å². The minimum absolute atomic E-state index is 0.159. The van der Waals surface area contributed by atoms with E-state index >= 15 is 0 Å². The molecule has 2 rings (SSSR count). The average Bonchev–Trinajstić information content (AvgIpc) is 2.48. The second-order valence-electron chi connectivity index (χ2n) is 5.32. The summed E-state index contributed by atoms with van der Waals surface area (Å²) >= 11 is 5.63. The molecule has 0 aliphatic carbocycles. The monoisotopic (exact) mass is 329 g/mol. The van der Waals surface area contributed by atoms with E-state index in [1.807, 2.05) is 4.90 Å². The van der Waals surface area contributed by atoms with Crippen molar-refractivity contribution in [1.29, 1.82) is 0 Å². The normalized spacial score (nSPS) is 16.5. The third kappa shape index (κ3) is 3.45. The topological polar surface area (TPSA) is 124 Å². The van der Waals surface area contributed by atoms with Crippen molar-refractivity contribution in [2.45, 2.75) is 24.9 Å². The second-order valence-corrected chi connectivity index (χ2v) is 5.65. The molecule has 0 saturated carbocycles. The summed E-state index contributed by atoms with van der Waals surface area (Å²) in [6.45, 7) is 1.20. The number of nitrogens with zero attached hydrogens (tertiary/aromatic N) is 3. The lowest BCUT2D eigenvalue weighted by Gasteiger charge is -2.35. The SMILES string of the molecule is O=C(O)C(O)(CC1CCN(c2cnc(Cl)nc2)CC1)C(=O)O. The summed E-state index contributed by atoms with van der Waals surface area (Å²) in [5.41, 5.74) is -1.93. The number of aliphatic hydroxyl groups is 1. The van der Waals surface area contributed by atoms with Crippen LogP contribution in [-0.2, 0) is 9.59 Å². The maximum absolute atomic E-state index is 11.0. The van der Waals surface area contributed by atoms with E-state index in [0.717, 1.165) is 5.69 Å². The maximum Gasteiger partial charge on any atom is 0.347 e. The number of carbonyl (C=O) groups is 2. The van der Waals surface area contributed by atoms with Crippen LogP contribution < -0.4 is 4.90 Å². The van der Waals surface area contributed by atoms with Crippen molar-refractivity contribution in [2.75, 3.05) is 18.0 Å². The van der Waals surface area contributed by atoms with Gasteiger partial charge in [-0.05, 0) is 30.4 Å². The Kier molecular flexibility index (Phi) is 4.82. The number of carboxylic acid groups (broad SMARTS) is 2. The lowest BCUT2D eigenvalue weighted by Crippen LogP contribution is -2.49. The van der Waals surface area contributed by atoms with Gasteiger partial charge in [-0.15, -0.1) is 0 Å². The lowest BCUT2D eigenvalue weighted by atomic mass is 9.84. The van der Waals surface area contributed by atoms with Gasteiger partial charge in [0.05, 0.1) is 18.1 Å². The number of anilines is 1. The summed E-state index contributed by atoms with van der Waals surface area (Å²) in [5, 5.41) is 27.8. The van der Waals surface area contributed by atoms with Crippen LogP contribution in [0.2, 0.25) is 5.28 Å². The van der Waals surface area contributed by atoms with Crippen molar-refractivity contribution < 1.29 is 24.9 Å². The van der Waals surface area contributed by atoms with Crippen LogP contribution in [0.4, 0.5) is 5.69 Å². The largest absolute Gasteiger partial charge is 0.479 e. The first-order valence-corrected chi connectivity index (χ1v) is 7.12.